The molecule has 0 bridgehead atoms. The van der Waals surface area contributed by atoms with Gasteiger partial charge in [-0.05, 0) is 46.6 Å². The van der Waals surface area contributed by atoms with Crippen molar-refractivity contribution in [2.45, 2.75) is 51.6 Å². The van der Waals surface area contributed by atoms with Crippen LogP contribution in [0, 0.1) is 0 Å². The van der Waals surface area contributed by atoms with Gasteiger partial charge in [-0.3, -0.25) is 9.69 Å². The molecule has 0 spiro atoms. The number of carboxylic acid groups (broad SMARTS) is 1. The summed E-state index contributed by atoms with van der Waals surface area (Å²) in [7, 11) is 0. The summed E-state index contributed by atoms with van der Waals surface area (Å²) in [5, 5.41) is 9.08. The highest BCUT2D eigenvalue weighted by atomic mass is 16.4. The molecule has 0 aromatic rings. The lowest BCUT2D eigenvalue weighted by atomic mass is 10.1. The Balaban J connectivity index is 2.10. The van der Waals surface area contributed by atoms with Crippen LogP contribution >= 0.6 is 0 Å². The first kappa shape index (κ1) is 16.1. The summed E-state index contributed by atoms with van der Waals surface area (Å²) in [5.41, 5.74) is -0.489. The van der Waals surface area contributed by atoms with Crippen LogP contribution in [0.4, 0.5) is 4.79 Å². The Morgan fingerprint density at radius 3 is 2.48 bits per heavy atom. The number of hydrogen-bond acceptors (Lipinski definition) is 3. The minimum absolute atomic E-state index is 0.140. The molecule has 2 amide bonds. The Labute approximate surface area is 126 Å². The van der Waals surface area contributed by atoms with Gasteiger partial charge >= 0.3 is 12.0 Å². The molecule has 2 heterocycles. The molecule has 0 saturated carbocycles. The first-order valence-electron chi connectivity index (χ1n) is 7.81. The van der Waals surface area contributed by atoms with Crippen molar-refractivity contribution in [3.8, 4) is 0 Å². The summed E-state index contributed by atoms with van der Waals surface area (Å²) >= 11 is 0. The third-order valence-corrected chi connectivity index (χ3v) is 4.41. The SMILES string of the molecule is CC(C)(C)N(CC(=O)O)C(=O)N1CCCN2CCCC2C1. The van der Waals surface area contributed by atoms with Crippen molar-refractivity contribution in [2.24, 2.45) is 0 Å². The number of urea groups is 1. The predicted octanol–water partition coefficient (Wildman–Crippen LogP) is 1.46. The molecule has 6 nitrogen and oxygen atoms in total. The molecule has 21 heavy (non-hydrogen) atoms. The molecule has 1 unspecified atom stereocenters. The van der Waals surface area contributed by atoms with Crippen LogP contribution in [0.5, 0.6) is 0 Å². The van der Waals surface area contributed by atoms with E-state index in [1.807, 2.05) is 25.7 Å². The minimum atomic E-state index is -0.962. The zero-order valence-corrected chi connectivity index (χ0v) is 13.3. The number of carbonyl (C=O) groups excluding carboxylic acids is 1. The Bertz CT molecular complexity index is 405. The molecule has 0 aliphatic carbocycles. The van der Waals surface area contributed by atoms with Crippen LogP contribution in [0.2, 0.25) is 0 Å². The van der Waals surface area contributed by atoms with E-state index in [9.17, 15) is 9.59 Å². The van der Waals surface area contributed by atoms with Crippen molar-refractivity contribution in [3.63, 3.8) is 0 Å². The second kappa shape index (κ2) is 6.22. The highest BCUT2D eigenvalue weighted by Gasteiger charge is 2.35. The quantitative estimate of drug-likeness (QED) is 0.838. The van der Waals surface area contributed by atoms with E-state index in [4.69, 9.17) is 5.11 Å². The molecule has 6 heteroatoms. The lowest BCUT2D eigenvalue weighted by Crippen LogP contribution is -2.55. The molecule has 2 fully saturated rings. The van der Waals surface area contributed by atoms with E-state index in [2.05, 4.69) is 4.90 Å². The van der Waals surface area contributed by atoms with Crippen molar-refractivity contribution in [3.05, 3.63) is 0 Å². The Kier molecular flexibility index (Phi) is 4.76. The summed E-state index contributed by atoms with van der Waals surface area (Å²) in [4.78, 5) is 29.7. The maximum Gasteiger partial charge on any atom is 0.323 e. The van der Waals surface area contributed by atoms with Gasteiger partial charge in [-0.1, -0.05) is 0 Å². The normalized spacial score (nSPS) is 23.6. The number of carboxylic acids is 1. The molecule has 0 radical (unpaired) electrons. The van der Waals surface area contributed by atoms with E-state index in [-0.39, 0.29) is 12.6 Å². The van der Waals surface area contributed by atoms with Gasteiger partial charge in [0.05, 0.1) is 0 Å². The fraction of sp³-hybridized carbons (Fsp3) is 0.867. The number of fused-ring (bicyclic) bond motifs is 1. The minimum Gasteiger partial charge on any atom is -0.480 e. The van der Waals surface area contributed by atoms with Crippen LogP contribution in [-0.2, 0) is 4.79 Å². The van der Waals surface area contributed by atoms with Crippen LogP contribution in [0.3, 0.4) is 0 Å². The number of nitrogens with zero attached hydrogens (tertiary/aromatic N) is 3. The van der Waals surface area contributed by atoms with Gasteiger partial charge in [-0.2, -0.15) is 0 Å². The first-order chi connectivity index (χ1) is 9.79. The van der Waals surface area contributed by atoms with Gasteiger partial charge in [0.1, 0.15) is 6.54 Å². The average Bonchev–Trinajstić information content (AvgIpc) is 2.71. The van der Waals surface area contributed by atoms with Crippen LogP contribution < -0.4 is 0 Å². The molecule has 1 atom stereocenters. The van der Waals surface area contributed by atoms with Gasteiger partial charge in [0.2, 0.25) is 0 Å². The zero-order valence-electron chi connectivity index (χ0n) is 13.3. The van der Waals surface area contributed by atoms with E-state index < -0.39 is 11.5 Å². The van der Waals surface area contributed by atoms with Crippen molar-refractivity contribution in [1.29, 1.82) is 0 Å². The van der Waals surface area contributed by atoms with Gasteiger partial charge < -0.3 is 14.9 Å². The van der Waals surface area contributed by atoms with Crippen molar-refractivity contribution in [2.75, 3.05) is 32.7 Å². The zero-order chi connectivity index (χ0) is 15.6. The standard InChI is InChI=1S/C15H27N3O3/c1-15(2,3)18(11-13(19)20)14(21)17-9-5-8-16-7-4-6-12(16)10-17/h12H,4-11H2,1-3H3,(H,19,20). The van der Waals surface area contributed by atoms with Crippen LogP contribution in [0.25, 0.3) is 0 Å². The van der Waals surface area contributed by atoms with E-state index >= 15 is 0 Å². The summed E-state index contributed by atoms with van der Waals surface area (Å²) in [6.45, 7) is 9.03. The van der Waals surface area contributed by atoms with Gasteiger partial charge in [0.15, 0.2) is 0 Å². The number of amides is 2. The number of aliphatic carboxylic acids is 1. The van der Waals surface area contributed by atoms with E-state index in [0.717, 1.165) is 39.0 Å². The Morgan fingerprint density at radius 2 is 1.86 bits per heavy atom. The summed E-state index contributed by atoms with van der Waals surface area (Å²) in [5.74, 6) is -0.962. The molecule has 120 valence electrons. The third-order valence-electron chi connectivity index (χ3n) is 4.41. The maximum atomic E-state index is 12.8. The number of hydrogen-bond donors (Lipinski definition) is 1. The van der Waals surface area contributed by atoms with Crippen molar-refractivity contribution in [1.82, 2.24) is 14.7 Å². The molecule has 2 rings (SSSR count). The molecule has 2 saturated heterocycles. The van der Waals surface area contributed by atoms with Gasteiger partial charge in [-0.15, -0.1) is 0 Å². The van der Waals surface area contributed by atoms with Crippen LogP contribution in [0.1, 0.15) is 40.0 Å². The number of carbonyl (C=O) groups is 2. The lowest BCUT2D eigenvalue weighted by molar-refractivity contribution is -0.138. The summed E-state index contributed by atoms with van der Waals surface area (Å²) in [6, 6.07) is 0.307. The van der Waals surface area contributed by atoms with Crippen LogP contribution in [0.15, 0.2) is 0 Å². The van der Waals surface area contributed by atoms with Crippen molar-refractivity contribution < 1.29 is 14.7 Å². The summed E-state index contributed by atoms with van der Waals surface area (Å²) in [6.07, 6.45) is 3.30. The van der Waals surface area contributed by atoms with Crippen molar-refractivity contribution >= 4 is 12.0 Å². The Morgan fingerprint density at radius 1 is 1.19 bits per heavy atom. The molecular weight excluding hydrogens is 270 g/mol. The molecule has 1 N–H and O–H groups in total. The average molecular weight is 297 g/mol. The Hall–Kier alpha value is -1.30. The fourth-order valence-electron chi connectivity index (χ4n) is 3.28. The smallest absolute Gasteiger partial charge is 0.323 e. The first-order valence-corrected chi connectivity index (χ1v) is 7.81. The van der Waals surface area contributed by atoms with E-state index in [1.54, 1.807) is 0 Å². The monoisotopic (exact) mass is 297 g/mol. The highest BCUT2D eigenvalue weighted by molar-refractivity contribution is 5.81. The third kappa shape index (κ3) is 3.87. The molecular formula is C15H27N3O3. The van der Waals surface area contributed by atoms with Gasteiger partial charge in [0, 0.05) is 31.2 Å². The molecule has 0 aromatic heterocycles. The molecule has 2 aliphatic rings. The molecule has 2 aliphatic heterocycles. The fourth-order valence-corrected chi connectivity index (χ4v) is 3.28. The second-order valence-corrected chi connectivity index (χ2v) is 7.06. The van der Waals surface area contributed by atoms with Crippen LogP contribution in [-0.4, -0.2) is 76.1 Å². The largest absolute Gasteiger partial charge is 0.480 e. The highest BCUT2D eigenvalue weighted by Crippen LogP contribution is 2.23. The lowest BCUT2D eigenvalue weighted by Gasteiger charge is -2.38. The topological polar surface area (TPSA) is 64.1 Å². The number of rotatable bonds is 2. The second-order valence-electron chi connectivity index (χ2n) is 7.06. The van der Waals surface area contributed by atoms with E-state index in [1.165, 1.54) is 11.3 Å². The van der Waals surface area contributed by atoms with E-state index in [0.29, 0.717) is 6.04 Å². The molecule has 0 aromatic carbocycles. The van der Waals surface area contributed by atoms with Gasteiger partial charge in [0.25, 0.3) is 0 Å². The van der Waals surface area contributed by atoms with Gasteiger partial charge in [-0.25, -0.2) is 4.79 Å². The predicted molar refractivity (Wildman–Crippen MR) is 80.3 cm³/mol. The maximum absolute atomic E-state index is 12.8. The summed E-state index contributed by atoms with van der Waals surface area (Å²) < 4.78 is 0.